The summed E-state index contributed by atoms with van der Waals surface area (Å²) in [5, 5.41) is 32.1. The average molecular weight is 337 g/mol. The van der Waals surface area contributed by atoms with Gasteiger partial charge in [-0.2, -0.15) is 10.4 Å². The van der Waals surface area contributed by atoms with E-state index in [9.17, 15) is 4.79 Å². The minimum atomic E-state index is -1.10. The lowest BCUT2D eigenvalue weighted by molar-refractivity contribution is 0.0697. The number of hydrogen-bond donors (Lipinski definition) is 5. The van der Waals surface area contributed by atoms with Crippen molar-refractivity contribution in [3.05, 3.63) is 53.9 Å². The van der Waals surface area contributed by atoms with Crippen molar-refractivity contribution in [2.75, 3.05) is 10.7 Å². The van der Waals surface area contributed by atoms with Gasteiger partial charge in [0.1, 0.15) is 6.07 Å². The molecule has 0 spiro atoms. The lowest BCUT2D eigenvalue weighted by Gasteiger charge is -2.12. The van der Waals surface area contributed by atoms with Crippen LogP contribution < -0.4 is 16.5 Å². The molecule has 126 valence electrons. The molecule has 9 heteroatoms. The van der Waals surface area contributed by atoms with Crippen LogP contribution in [-0.2, 0) is 6.54 Å². The van der Waals surface area contributed by atoms with Gasteiger partial charge in [-0.15, -0.1) is 0 Å². The van der Waals surface area contributed by atoms with Crippen molar-refractivity contribution in [1.82, 2.24) is 4.98 Å². The number of aromatic nitrogens is 1. The van der Waals surface area contributed by atoms with Crippen LogP contribution in [0, 0.1) is 16.7 Å². The Morgan fingerprint density at radius 1 is 1.40 bits per heavy atom. The molecule has 0 atom stereocenters. The monoisotopic (exact) mass is 337 g/mol. The number of anilines is 2. The number of nitrogens with zero attached hydrogens (tertiary/aromatic N) is 3. The van der Waals surface area contributed by atoms with Gasteiger partial charge < -0.3 is 16.2 Å². The summed E-state index contributed by atoms with van der Waals surface area (Å²) in [6, 6.07) is 9.77. The summed E-state index contributed by atoms with van der Waals surface area (Å²) in [6.45, 7) is 0.455. The molecule has 25 heavy (non-hydrogen) atoms. The molecule has 0 saturated heterocycles. The standard InChI is InChI=1S/C16H15N7O2/c17-7-14(15(18)19)23-22-13-6-11(16(24)25)3-4-12(13)21-9-10-2-1-5-20-8-10/h1-6,8,21-22H,9H2,(H3,18,19)(H,24,25)/b23-14+. The van der Waals surface area contributed by atoms with E-state index in [1.54, 1.807) is 30.6 Å². The Bertz CT molecular complexity index is 857. The van der Waals surface area contributed by atoms with E-state index in [1.807, 2.05) is 6.07 Å². The zero-order valence-electron chi connectivity index (χ0n) is 13.0. The van der Waals surface area contributed by atoms with E-state index in [-0.39, 0.29) is 11.3 Å². The van der Waals surface area contributed by atoms with E-state index in [1.165, 1.54) is 12.1 Å². The molecule has 1 aromatic carbocycles. The first-order chi connectivity index (χ1) is 12.0. The highest BCUT2D eigenvalue weighted by molar-refractivity contribution is 6.45. The van der Waals surface area contributed by atoms with E-state index >= 15 is 0 Å². The molecule has 6 N–H and O–H groups in total. The fraction of sp³-hybridized carbons (Fsp3) is 0.0625. The van der Waals surface area contributed by atoms with Crippen LogP contribution in [0.25, 0.3) is 0 Å². The Balaban J connectivity index is 2.27. The molecule has 0 aliphatic rings. The minimum Gasteiger partial charge on any atom is -0.478 e. The Morgan fingerprint density at radius 3 is 2.80 bits per heavy atom. The number of nitrogens with one attached hydrogen (secondary N) is 3. The number of nitriles is 1. The van der Waals surface area contributed by atoms with Crippen molar-refractivity contribution in [2.45, 2.75) is 6.54 Å². The molecular weight excluding hydrogens is 322 g/mol. The zero-order chi connectivity index (χ0) is 18.2. The van der Waals surface area contributed by atoms with Crippen LogP contribution in [0.1, 0.15) is 15.9 Å². The highest BCUT2D eigenvalue weighted by Crippen LogP contribution is 2.24. The molecule has 2 aromatic rings. The summed E-state index contributed by atoms with van der Waals surface area (Å²) in [6.07, 6.45) is 3.37. The number of nitrogens with two attached hydrogens (primary N) is 1. The number of hydrogen-bond acceptors (Lipinski definition) is 7. The molecule has 0 bridgehead atoms. The van der Waals surface area contributed by atoms with E-state index < -0.39 is 11.8 Å². The number of carbonyl (C=O) groups is 1. The van der Waals surface area contributed by atoms with Crippen molar-refractivity contribution >= 4 is 28.9 Å². The largest absolute Gasteiger partial charge is 0.478 e. The Hall–Kier alpha value is -3.93. The SMILES string of the molecule is N#C/C(=N\Nc1cc(C(=O)O)ccc1NCc1cccnc1)C(=N)N. The number of pyridine rings is 1. The van der Waals surface area contributed by atoms with Crippen LogP contribution in [0.4, 0.5) is 11.4 Å². The topological polar surface area (TPSA) is 160 Å². The molecule has 0 unspecified atom stereocenters. The van der Waals surface area contributed by atoms with Gasteiger partial charge in [-0.1, -0.05) is 6.07 Å². The third kappa shape index (κ3) is 4.77. The van der Waals surface area contributed by atoms with Gasteiger partial charge in [0.25, 0.3) is 0 Å². The second kappa shape index (κ2) is 8.07. The molecule has 0 radical (unpaired) electrons. The second-order valence-electron chi connectivity index (χ2n) is 4.88. The molecule has 9 nitrogen and oxygen atoms in total. The molecule has 0 saturated carbocycles. The minimum absolute atomic E-state index is 0.0472. The molecular formula is C16H15N7O2. The van der Waals surface area contributed by atoms with Crippen LogP contribution in [0.3, 0.4) is 0 Å². The van der Waals surface area contributed by atoms with Gasteiger partial charge in [0.05, 0.1) is 16.9 Å². The second-order valence-corrected chi connectivity index (χ2v) is 4.88. The number of benzene rings is 1. The maximum atomic E-state index is 11.1. The fourth-order valence-electron chi connectivity index (χ4n) is 1.89. The van der Waals surface area contributed by atoms with Crippen molar-refractivity contribution in [3.63, 3.8) is 0 Å². The summed E-state index contributed by atoms with van der Waals surface area (Å²) in [4.78, 5) is 15.2. The molecule has 0 fully saturated rings. The lowest BCUT2D eigenvalue weighted by atomic mass is 10.1. The van der Waals surface area contributed by atoms with E-state index in [4.69, 9.17) is 21.5 Å². The zero-order valence-corrected chi connectivity index (χ0v) is 13.0. The number of aromatic carboxylic acids is 1. The Labute approximate surface area is 143 Å². The van der Waals surface area contributed by atoms with Gasteiger partial charge in [0.2, 0.25) is 5.71 Å². The lowest BCUT2D eigenvalue weighted by Crippen LogP contribution is -2.22. The van der Waals surface area contributed by atoms with Crippen LogP contribution in [0.2, 0.25) is 0 Å². The van der Waals surface area contributed by atoms with Crippen LogP contribution in [0.15, 0.2) is 47.8 Å². The van der Waals surface area contributed by atoms with Gasteiger partial charge in [0, 0.05) is 18.9 Å². The van der Waals surface area contributed by atoms with Crippen LogP contribution >= 0.6 is 0 Å². The number of rotatable bonds is 7. The third-order valence-corrected chi connectivity index (χ3v) is 3.12. The molecule has 0 aliphatic carbocycles. The van der Waals surface area contributed by atoms with E-state index in [0.29, 0.717) is 17.9 Å². The average Bonchev–Trinajstić information content (AvgIpc) is 2.61. The van der Waals surface area contributed by atoms with Crippen LogP contribution in [-0.4, -0.2) is 27.6 Å². The van der Waals surface area contributed by atoms with Crippen molar-refractivity contribution < 1.29 is 9.90 Å². The normalized spacial score (nSPS) is 10.6. The van der Waals surface area contributed by atoms with Gasteiger partial charge in [-0.3, -0.25) is 15.8 Å². The third-order valence-electron chi connectivity index (χ3n) is 3.12. The predicted molar refractivity (Wildman–Crippen MR) is 93.5 cm³/mol. The number of amidine groups is 1. The highest BCUT2D eigenvalue weighted by atomic mass is 16.4. The van der Waals surface area contributed by atoms with Crippen molar-refractivity contribution in [3.8, 4) is 6.07 Å². The summed E-state index contributed by atoms with van der Waals surface area (Å²) < 4.78 is 0. The van der Waals surface area contributed by atoms with Crippen molar-refractivity contribution in [1.29, 1.82) is 10.7 Å². The Kier molecular flexibility index (Phi) is 5.63. The Morgan fingerprint density at radius 2 is 2.20 bits per heavy atom. The summed E-state index contributed by atoms with van der Waals surface area (Å²) in [5.74, 6) is -1.59. The van der Waals surface area contributed by atoms with Gasteiger partial charge in [0.15, 0.2) is 5.84 Å². The summed E-state index contributed by atoms with van der Waals surface area (Å²) in [7, 11) is 0. The van der Waals surface area contributed by atoms with Gasteiger partial charge in [-0.05, 0) is 29.8 Å². The molecule has 2 rings (SSSR count). The van der Waals surface area contributed by atoms with E-state index in [0.717, 1.165) is 5.56 Å². The van der Waals surface area contributed by atoms with Crippen molar-refractivity contribution in [2.24, 2.45) is 10.8 Å². The fourth-order valence-corrected chi connectivity index (χ4v) is 1.89. The van der Waals surface area contributed by atoms with Gasteiger partial charge >= 0.3 is 5.97 Å². The quantitative estimate of drug-likeness (QED) is 0.291. The number of carboxylic acid groups (broad SMARTS) is 1. The molecule has 0 amide bonds. The first-order valence-electron chi connectivity index (χ1n) is 7.09. The first kappa shape index (κ1) is 17.4. The highest BCUT2D eigenvalue weighted by Gasteiger charge is 2.09. The maximum absolute atomic E-state index is 11.1. The summed E-state index contributed by atoms with van der Waals surface area (Å²) in [5.41, 5.74) is 9.39. The van der Waals surface area contributed by atoms with Crippen LogP contribution in [0.5, 0.6) is 0 Å². The predicted octanol–water partition coefficient (Wildman–Crippen LogP) is 1.62. The van der Waals surface area contributed by atoms with Gasteiger partial charge in [-0.25, -0.2) is 4.79 Å². The summed E-state index contributed by atoms with van der Waals surface area (Å²) >= 11 is 0. The smallest absolute Gasteiger partial charge is 0.335 e. The molecule has 1 aromatic heterocycles. The molecule has 1 heterocycles. The molecule has 0 aliphatic heterocycles. The number of hydrazone groups is 1. The number of carboxylic acids is 1. The van der Waals surface area contributed by atoms with E-state index in [2.05, 4.69) is 20.8 Å². The maximum Gasteiger partial charge on any atom is 0.335 e. The first-order valence-corrected chi connectivity index (χ1v) is 7.09.